The predicted octanol–water partition coefficient (Wildman–Crippen LogP) is 3.09. The minimum atomic E-state index is -0.298. The molecular weight excluding hydrogens is 386 g/mol. The lowest BCUT2D eigenvalue weighted by atomic mass is 10.2. The number of guanidine groups is 1. The Morgan fingerprint density at radius 3 is 2.63 bits per heavy atom. The number of carbonyl (C=O) groups excluding carboxylic acids is 1. The average Bonchev–Trinajstić information content (AvgIpc) is 3.31. The van der Waals surface area contributed by atoms with E-state index in [1.54, 1.807) is 57.7 Å². The van der Waals surface area contributed by atoms with Gasteiger partial charge in [-0.25, -0.2) is 4.99 Å². The van der Waals surface area contributed by atoms with Crippen molar-refractivity contribution in [1.29, 1.82) is 0 Å². The molecule has 3 rings (SSSR count). The van der Waals surface area contributed by atoms with Gasteiger partial charge < -0.3 is 24.3 Å². The van der Waals surface area contributed by atoms with E-state index in [2.05, 4.69) is 15.6 Å². The molecule has 8 heteroatoms. The molecule has 1 saturated heterocycles. The second-order valence-electron chi connectivity index (χ2n) is 6.71. The molecule has 0 saturated carbocycles. The maximum absolute atomic E-state index is 12.8. The van der Waals surface area contributed by atoms with Crippen LogP contribution in [0.5, 0.6) is 17.2 Å². The highest BCUT2D eigenvalue weighted by atomic mass is 16.5. The Bertz CT molecular complexity index is 894. The van der Waals surface area contributed by atoms with Crippen molar-refractivity contribution in [3.05, 3.63) is 48.0 Å². The number of hydrogen-bond acceptors (Lipinski definition) is 6. The van der Waals surface area contributed by atoms with Gasteiger partial charge in [0.05, 0.1) is 34.0 Å². The summed E-state index contributed by atoms with van der Waals surface area (Å²) in [6, 6.07) is 12.3. The number of nitrogens with one attached hydrogen (secondary N) is 2. The number of hydrogen-bond donors (Lipinski definition) is 2. The van der Waals surface area contributed by atoms with Gasteiger partial charge in [0, 0.05) is 23.9 Å². The highest BCUT2D eigenvalue weighted by Crippen LogP contribution is 2.29. The molecule has 0 aliphatic carbocycles. The molecule has 1 aliphatic rings. The third-order valence-corrected chi connectivity index (χ3v) is 4.69. The number of methoxy groups -OCH3 is 3. The van der Waals surface area contributed by atoms with E-state index < -0.39 is 0 Å². The van der Waals surface area contributed by atoms with E-state index in [9.17, 15) is 4.79 Å². The Kier molecular flexibility index (Phi) is 7.51. The van der Waals surface area contributed by atoms with Crippen molar-refractivity contribution >= 4 is 17.6 Å². The highest BCUT2D eigenvalue weighted by Gasteiger charge is 2.17. The lowest BCUT2D eigenvalue weighted by molar-refractivity contribution is 0.0975. The number of amides is 1. The van der Waals surface area contributed by atoms with E-state index in [4.69, 9.17) is 18.9 Å². The van der Waals surface area contributed by atoms with Crippen LogP contribution in [0.15, 0.2) is 47.5 Å². The zero-order valence-corrected chi connectivity index (χ0v) is 17.4. The van der Waals surface area contributed by atoms with Gasteiger partial charge in [0.1, 0.15) is 5.75 Å². The van der Waals surface area contributed by atoms with Crippen LogP contribution in [0.1, 0.15) is 23.2 Å². The van der Waals surface area contributed by atoms with E-state index in [-0.39, 0.29) is 12.0 Å². The molecule has 160 valence electrons. The molecule has 0 spiro atoms. The van der Waals surface area contributed by atoms with Gasteiger partial charge in [-0.3, -0.25) is 10.1 Å². The van der Waals surface area contributed by atoms with Gasteiger partial charge >= 0.3 is 0 Å². The molecule has 1 amide bonds. The molecule has 1 aliphatic heterocycles. The first-order valence-electron chi connectivity index (χ1n) is 9.73. The van der Waals surface area contributed by atoms with Crippen molar-refractivity contribution in [3.8, 4) is 17.2 Å². The molecular formula is C22H27N3O5. The van der Waals surface area contributed by atoms with Crippen LogP contribution >= 0.6 is 0 Å². The summed E-state index contributed by atoms with van der Waals surface area (Å²) < 4.78 is 21.5. The molecule has 0 radical (unpaired) electrons. The van der Waals surface area contributed by atoms with Crippen molar-refractivity contribution < 1.29 is 23.7 Å². The van der Waals surface area contributed by atoms with E-state index in [0.29, 0.717) is 41.0 Å². The Balaban J connectivity index is 1.79. The molecule has 8 nitrogen and oxygen atoms in total. The molecule has 1 heterocycles. The summed E-state index contributed by atoms with van der Waals surface area (Å²) >= 11 is 0. The number of ether oxygens (including phenoxy) is 4. The highest BCUT2D eigenvalue weighted by molar-refractivity contribution is 6.10. The monoisotopic (exact) mass is 413 g/mol. The second kappa shape index (κ2) is 10.5. The van der Waals surface area contributed by atoms with E-state index >= 15 is 0 Å². The predicted molar refractivity (Wildman–Crippen MR) is 115 cm³/mol. The SMILES string of the molecule is COc1cccc(C(=O)NC(=NC[C@H]2CCCO2)Nc2ccc(OC)c(OC)c2)c1. The van der Waals surface area contributed by atoms with Gasteiger partial charge in [-0.15, -0.1) is 0 Å². The lowest BCUT2D eigenvalue weighted by Gasteiger charge is -2.15. The molecule has 0 bridgehead atoms. The van der Waals surface area contributed by atoms with Crippen molar-refractivity contribution in [2.75, 3.05) is 39.8 Å². The Labute approximate surface area is 176 Å². The molecule has 1 atom stereocenters. The maximum atomic E-state index is 12.8. The fraction of sp³-hybridized carbons (Fsp3) is 0.364. The minimum Gasteiger partial charge on any atom is -0.497 e. The quantitative estimate of drug-likeness (QED) is 0.536. The lowest BCUT2D eigenvalue weighted by Crippen LogP contribution is -2.36. The van der Waals surface area contributed by atoms with Gasteiger partial charge in [-0.1, -0.05) is 6.07 Å². The van der Waals surface area contributed by atoms with Crippen LogP contribution in [0.4, 0.5) is 5.69 Å². The molecule has 2 aromatic carbocycles. The zero-order chi connectivity index (χ0) is 21.3. The van der Waals surface area contributed by atoms with E-state index in [1.807, 2.05) is 6.07 Å². The summed E-state index contributed by atoms with van der Waals surface area (Å²) in [4.78, 5) is 17.3. The van der Waals surface area contributed by atoms with Crippen molar-refractivity contribution in [3.63, 3.8) is 0 Å². The molecule has 30 heavy (non-hydrogen) atoms. The maximum Gasteiger partial charge on any atom is 0.258 e. The molecule has 1 fully saturated rings. The first kappa shape index (κ1) is 21.4. The topological polar surface area (TPSA) is 90.4 Å². The number of anilines is 1. The number of carbonyl (C=O) groups is 1. The van der Waals surface area contributed by atoms with Gasteiger partial charge in [-0.05, 0) is 43.2 Å². The zero-order valence-electron chi connectivity index (χ0n) is 17.4. The summed E-state index contributed by atoms with van der Waals surface area (Å²) in [5.74, 6) is 1.81. The van der Waals surface area contributed by atoms with Crippen LogP contribution in [0, 0.1) is 0 Å². The molecule has 0 aromatic heterocycles. The Hall–Kier alpha value is -3.26. The number of aliphatic imine (C=N–C) groups is 1. The summed E-state index contributed by atoms with van der Waals surface area (Å²) in [6.45, 7) is 1.20. The summed E-state index contributed by atoms with van der Waals surface area (Å²) in [5, 5.41) is 5.99. The number of benzene rings is 2. The van der Waals surface area contributed by atoms with Crippen molar-refractivity contribution in [1.82, 2.24) is 5.32 Å². The minimum absolute atomic E-state index is 0.0564. The third-order valence-electron chi connectivity index (χ3n) is 4.69. The van der Waals surface area contributed by atoms with Crippen LogP contribution in [0.25, 0.3) is 0 Å². The van der Waals surface area contributed by atoms with Crippen LogP contribution < -0.4 is 24.8 Å². The van der Waals surface area contributed by atoms with Gasteiger partial charge in [0.2, 0.25) is 5.96 Å². The summed E-state index contributed by atoms with van der Waals surface area (Å²) in [7, 11) is 4.70. The normalized spacial score (nSPS) is 16.1. The van der Waals surface area contributed by atoms with Crippen LogP contribution in [-0.4, -0.2) is 52.5 Å². The molecule has 2 N–H and O–H groups in total. The van der Waals surface area contributed by atoms with Gasteiger partial charge in [-0.2, -0.15) is 0 Å². The summed E-state index contributed by atoms with van der Waals surface area (Å²) in [6.07, 6.45) is 2.03. The Morgan fingerprint density at radius 1 is 1.10 bits per heavy atom. The Morgan fingerprint density at radius 2 is 1.93 bits per heavy atom. The van der Waals surface area contributed by atoms with Crippen LogP contribution in [0.3, 0.4) is 0 Å². The summed E-state index contributed by atoms with van der Waals surface area (Å²) in [5.41, 5.74) is 1.16. The largest absolute Gasteiger partial charge is 0.497 e. The smallest absolute Gasteiger partial charge is 0.258 e. The molecule has 2 aromatic rings. The van der Waals surface area contributed by atoms with E-state index in [1.165, 1.54) is 0 Å². The number of rotatable bonds is 7. The first-order chi connectivity index (χ1) is 14.6. The van der Waals surface area contributed by atoms with Gasteiger partial charge in [0.25, 0.3) is 5.91 Å². The molecule has 0 unspecified atom stereocenters. The standard InChI is InChI=1S/C22H27N3O5/c1-27-17-7-4-6-15(12-17)21(26)25-22(23-14-18-8-5-11-30-18)24-16-9-10-19(28-2)20(13-16)29-3/h4,6-7,9-10,12-13,18H,5,8,11,14H2,1-3H3,(H2,23,24,25,26)/t18-/m1/s1. The van der Waals surface area contributed by atoms with Crippen molar-refractivity contribution in [2.45, 2.75) is 18.9 Å². The van der Waals surface area contributed by atoms with E-state index in [0.717, 1.165) is 19.4 Å². The van der Waals surface area contributed by atoms with Crippen LogP contribution in [-0.2, 0) is 4.74 Å². The average molecular weight is 413 g/mol. The van der Waals surface area contributed by atoms with Gasteiger partial charge in [0.15, 0.2) is 11.5 Å². The second-order valence-corrected chi connectivity index (χ2v) is 6.71. The van der Waals surface area contributed by atoms with Crippen LogP contribution in [0.2, 0.25) is 0 Å². The van der Waals surface area contributed by atoms with Crippen molar-refractivity contribution in [2.24, 2.45) is 4.99 Å². The first-order valence-corrected chi connectivity index (χ1v) is 9.73. The number of nitrogens with zero attached hydrogens (tertiary/aromatic N) is 1. The fourth-order valence-corrected chi connectivity index (χ4v) is 3.09. The fourth-order valence-electron chi connectivity index (χ4n) is 3.09. The third kappa shape index (κ3) is 5.64.